The third-order valence-corrected chi connectivity index (χ3v) is 4.02. The van der Waals surface area contributed by atoms with Crippen molar-refractivity contribution in [1.29, 1.82) is 0 Å². The van der Waals surface area contributed by atoms with E-state index in [1.54, 1.807) is 0 Å². The van der Waals surface area contributed by atoms with Crippen LogP contribution in [0.4, 0.5) is 0 Å². The van der Waals surface area contributed by atoms with E-state index in [9.17, 15) is 4.79 Å². The highest BCUT2D eigenvalue weighted by Gasteiger charge is 2.24. The largest absolute Gasteiger partial charge is 0.334 e. The fourth-order valence-corrected chi connectivity index (χ4v) is 2.82. The van der Waals surface area contributed by atoms with Gasteiger partial charge in [0.15, 0.2) is 0 Å². The number of carbonyl (C=O) groups is 1. The van der Waals surface area contributed by atoms with Gasteiger partial charge in [0.1, 0.15) is 10.7 Å². The van der Waals surface area contributed by atoms with Crippen LogP contribution in [0.1, 0.15) is 56.0 Å². The summed E-state index contributed by atoms with van der Waals surface area (Å²) < 4.78 is 0. The van der Waals surface area contributed by atoms with Gasteiger partial charge in [-0.3, -0.25) is 4.79 Å². The van der Waals surface area contributed by atoms with Gasteiger partial charge in [0.05, 0.1) is 0 Å². The molecule has 0 saturated carbocycles. The maximum absolute atomic E-state index is 12.6. The van der Waals surface area contributed by atoms with Gasteiger partial charge in [0.25, 0.3) is 5.91 Å². The lowest BCUT2D eigenvalue weighted by molar-refractivity contribution is 0.0635. The Balaban J connectivity index is 2.92. The Kier molecular flexibility index (Phi) is 6.45. The molecule has 19 heavy (non-hydrogen) atoms. The number of amides is 1. The normalized spacial score (nSPS) is 11.3. The Morgan fingerprint density at radius 1 is 1.42 bits per heavy atom. The van der Waals surface area contributed by atoms with Crippen molar-refractivity contribution < 1.29 is 4.79 Å². The first kappa shape index (κ1) is 16.1. The van der Waals surface area contributed by atoms with E-state index in [2.05, 4.69) is 32.7 Å². The first-order valence-corrected chi connectivity index (χ1v) is 7.86. The molecule has 2 N–H and O–H groups in total. The summed E-state index contributed by atoms with van der Waals surface area (Å²) >= 11 is 1.46. The lowest BCUT2D eigenvalue weighted by Crippen LogP contribution is -2.42. The molecule has 0 radical (unpaired) electrons. The quantitative estimate of drug-likeness (QED) is 0.837. The monoisotopic (exact) mass is 283 g/mol. The number of rotatable bonds is 7. The number of nitrogens with two attached hydrogens (primary N) is 1. The first-order chi connectivity index (χ1) is 9.03. The maximum atomic E-state index is 12.6. The van der Waals surface area contributed by atoms with E-state index < -0.39 is 0 Å². The Bertz CT molecular complexity index is 399. The Morgan fingerprint density at radius 3 is 2.47 bits per heavy atom. The molecular formula is C14H25N3OS. The summed E-state index contributed by atoms with van der Waals surface area (Å²) in [6.07, 6.45) is 1.95. The van der Waals surface area contributed by atoms with Gasteiger partial charge in [-0.15, -0.1) is 11.3 Å². The Morgan fingerprint density at radius 2 is 2.05 bits per heavy atom. The van der Waals surface area contributed by atoms with E-state index in [1.807, 2.05) is 10.3 Å². The van der Waals surface area contributed by atoms with Crippen LogP contribution < -0.4 is 5.73 Å². The number of thiazole rings is 1. The molecule has 4 nitrogen and oxygen atoms in total. The van der Waals surface area contributed by atoms with Gasteiger partial charge >= 0.3 is 0 Å². The molecule has 0 aliphatic heterocycles. The Hall–Kier alpha value is -0.940. The van der Waals surface area contributed by atoms with Crippen LogP contribution in [-0.2, 0) is 6.54 Å². The molecule has 0 aromatic carbocycles. The topological polar surface area (TPSA) is 59.2 Å². The van der Waals surface area contributed by atoms with Crippen LogP contribution in [0.3, 0.4) is 0 Å². The number of nitrogens with zero attached hydrogens (tertiary/aromatic N) is 2. The van der Waals surface area contributed by atoms with Gasteiger partial charge in [-0.25, -0.2) is 4.98 Å². The third-order valence-electron chi connectivity index (χ3n) is 3.15. The number of hydrogen-bond donors (Lipinski definition) is 1. The average molecular weight is 283 g/mol. The molecule has 0 saturated heterocycles. The molecule has 0 spiro atoms. The fraction of sp³-hybridized carbons (Fsp3) is 0.714. The van der Waals surface area contributed by atoms with Gasteiger partial charge in [0.2, 0.25) is 0 Å². The second-order valence-corrected chi connectivity index (χ2v) is 6.09. The van der Waals surface area contributed by atoms with Crippen LogP contribution in [0.25, 0.3) is 0 Å². The molecule has 1 rings (SSSR count). The summed E-state index contributed by atoms with van der Waals surface area (Å²) in [5, 5.41) is 2.64. The van der Waals surface area contributed by atoms with Gasteiger partial charge < -0.3 is 10.6 Å². The molecular weight excluding hydrogens is 258 g/mol. The lowest BCUT2D eigenvalue weighted by atomic mass is 10.1. The van der Waals surface area contributed by atoms with Crippen LogP contribution in [-0.4, -0.2) is 28.4 Å². The summed E-state index contributed by atoms with van der Waals surface area (Å²) in [6.45, 7) is 9.69. The van der Waals surface area contributed by atoms with Gasteiger partial charge in [-0.05, 0) is 18.8 Å². The zero-order valence-corrected chi connectivity index (χ0v) is 13.2. The molecule has 1 aromatic heterocycles. The van der Waals surface area contributed by atoms with Crippen LogP contribution in [0.5, 0.6) is 0 Å². The van der Waals surface area contributed by atoms with Gasteiger partial charge in [-0.1, -0.05) is 27.7 Å². The fourth-order valence-electron chi connectivity index (χ4n) is 2.17. The minimum Gasteiger partial charge on any atom is -0.334 e. The molecule has 1 aromatic rings. The number of carbonyl (C=O) groups excluding carboxylic acids is 1. The standard InChI is InChI=1S/C14H25N3OS/c1-5-11(6-2)17(8-10(3)4)14(18)12-9-19-13(7-15)16-12/h9-11H,5-8,15H2,1-4H3. The lowest BCUT2D eigenvalue weighted by Gasteiger charge is -2.31. The highest BCUT2D eigenvalue weighted by molar-refractivity contribution is 7.09. The molecule has 108 valence electrons. The molecule has 0 fully saturated rings. The van der Waals surface area contributed by atoms with Gasteiger partial charge in [-0.2, -0.15) is 0 Å². The summed E-state index contributed by atoms with van der Waals surface area (Å²) in [4.78, 5) is 18.9. The maximum Gasteiger partial charge on any atom is 0.273 e. The summed E-state index contributed by atoms with van der Waals surface area (Å²) in [5.41, 5.74) is 6.10. The Labute approximate surface area is 120 Å². The predicted octanol–water partition coefficient (Wildman–Crippen LogP) is 2.89. The van der Waals surface area contributed by atoms with Crippen LogP contribution in [0.15, 0.2) is 5.38 Å². The van der Waals surface area contributed by atoms with Crippen molar-refractivity contribution in [3.8, 4) is 0 Å². The van der Waals surface area contributed by atoms with Gasteiger partial charge in [0, 0.05) is 24.5 Å². The van der Waals surface area contributed by atoms with E-state index >= 15 is 0 Å². The first-order valence-electron chi connectivity index (χ1n) is 6.98. The van der Waals surface area contributed by atoms with Crippen LogP contribution in [0, 0.1) is 5.92 Å². The highest BCUT2D eigenvalue weighted by atomic mass is 32.1. The van der Waals surface area contributed by atoms with E-state index in [0.717, 1.165) is 24.4 Å². The van der Waals surface area contributed by atoms with Crippen molar-refractivity contribution in [2.75, 3.05) is 6.54 Å². The van der Waals surface area contributed by atoms with Crippen LogP contribution >= 0.6 is 11.3 Å². The summed E-state index contributed by atoms with van der Waals surface area (Å²) in [5.74, 6) is 0.496. The SMILES string of the molecule is CCC(CC)N(CC(C)C)C(=O)c1csc(CN)n1. The number of aromatic nitrogens is 1. The summed E-state index contributed by atoms with van der Waals surface area (Å²) in [6, 6.07) is 0.290. The zero-order valence-electron chi connectivity index (χ0n) is 12.3. The molecule has 0 bridgehead atoms. The van der Waals surface area contributed by atoms with E-state index in [0.29, 0.717) is 18.2 Å². The van der Waals surface area contributed by atoms with E-state index in [4.69, 9.17) is 5.73 Å². The smallest absolute Gasteiger partial charge is 0.273 e. The highest BCUT2D eigenvalue weighted by Crippen LogP contribution is 2.17. The molecule has 5 heteroatoms. The van der Waals surface area contributed by atoms with Crippen LogP contribution in [0.2, 0.25) is 0 Å². The molecule has 0 atom stereocenters. The molecule has 0 unspecified atom stereocenters. The second-order valence-electron chi connectivity index (χ2n) is 5.15. The second kappa shape index (κ2) is 7.60. The van der Waals surface area contributed by atoms with Crippen molar-refractivity contribution >= 4 is 17.2 Å². The number of hydrogen-bond acceptors (Lipinski definition) is 4. The van der Waals surface area contributed by atoms with Crippen molar-refractivity contribution in [3.63, 3.8) is 0 Å². The minimum atomic E-state index is 0.0401. The van der Waals surface area contributed by atoms with Crippen molar-refractivity contribution in [2.24, 2.45) is 11.7 Å². The van der Waals surface area contributed by atoms with E-state index in [-0.39, 0.29) is 11.9 Å². The third kappa shape index (κ3) is 4.28. The molecule has 1 amide bonds. The van der Waals surface area contributed by atoms with E-state index in [1.165, 1.54) is 11.3 Å². The van der Waals surface area contributed by atoms with Crippen molar-refractivity contribution in [2.45, 2.75) is 53.1 Å². The predicted molar refractivity (Wildman–Crippen MR) is 80.2 cm³/mol. The van der Waals surface area contributed by atoms with Crippen molar-refractivity contribution in [3.05, 3.63) is 16.1 Å². The average Bonchev–Trinajstić information content (AvgIpc) is 2.86. The zero-order chi connectivity index (χ0) is 14.4. The molecule has 0 aliphatic rings. The molecule has 0 aliphatic carbocycles. The van der Waals surface area contributed by atoms with Crippen molar-refractivity contribution in [1.82, 2.24) is 9.88 Å². The molecule has 1 heterocycles. The summed E-state index contributed by atoms with van der Waals surface area (Å²) in [7, 11) is 0. The minimum absolute atomic E-state index is 0.0401.